The highest BCUT2D eigenvalue weighted by atomic mass is 32.1. The average molecular weight is 284 g/mol. The molecule has 0 spiro atoms. The largest absolute Gasteiger partial charge is 0.497 e. The molecule has 0 atom stereocenters. The number of benzene rings is 2. The van der Waals surface area contributed by atoms with Gasteiger partial charge in [0.15, 0.2) is 0 Å². The first-order valence-corrected chi connectivity index (χ1v) is 6.84. The van der Waals surface area contributed by atoms with Crippen molar-refractivity contribution in [1.29, 1.82) is 0 Å². The van der Waals surface area contributed by atoms with Gasteiger partial charge in [0, 0.05) is 17.1 Å². The monoisotopic (exact) mass is 284 g/mol. The van der Waals surface area contributed by atoms with Gasteiger partial charge in [0.2, 0.25) is 5.06 Å². The molecule has 4 nitrogen and oxygen atoms in total. The van der Waals surface area contributed by atoms with Crippen LogP contribution in [-0.4, -0.2) is 16.7 Å². The van der Waals surface area contributed by atoms with Crippen LogP contribution < -0.4 is 9.47 Å². The summed E-state index contributed by atoms with van der Waals surface area (Å²) in [6.07, 6.45) is 0. The van der Waals surface area contributed by atoms with Crippen LogP contribution in [0.4, 0.5) is 0 Å². The second-order valence-electron chi connectivity index (χ2n) is 4.05. The maximum absolute atomic E-state index is 5.84. The third kappa shape index (κ3) is 2.62. The van der Waals surface area contributed by atoms with Crippen molar-refractivity contribution in [2.24, 2.45) is 0 Å². The fraction of sp³-hybridized carbons (Fsp3) is 0.0667. The van der Waals surface area contributed by atoms with Crippen molar-refractivity contribution in [3.63, 3.8) is 0 Å². The molecule has 0 radical (unpaired) electrons. The maximum atomic E-state index is 5.84. The highest BCUT2D eigenvalue weighted by Crippen LogP contribution is 2.34. The zero-order chi connectivity index (χ0) is 13.8. The second kappa shape index (κ2) is 5.71. The first kappa shape index (κ1) is 12.6. The zero-order valence-electron chi connectivity index (χ0n) is 10.8. The van der Waals surface area contributed by atoms with Crippen LogP contribution in [0.15, 0.2) is 54.6 Å². The highest BCUT2D eigenvalue weighted by molar-refractivity contribution is 7.08. The third-order valence-corrected chi connectivity index (χ3v) is 3.38. The molecule has 0 amide bonds. The minimum atomic E-state index is 0.682. The SMILES string of the molecule is COc1ccc(Oc2snnc2-c2ccccc2)cc1. The van der Waals surface area contributed by atoms with E-state index in [9.17, 15) is 0 Å². The Balaban J connectivity index is 1.86. The van der Waals surface area contributed by atoms with Crippen molar-refractivity contribution >= 4 is 11.5 Å². The molecule has 1 aromatic heterocycles. The lowest BCUT2D eigenvalue weighted by Gasteiger charge is -2.05. The summed E-state index contributed by atoms with van der Waals surface area (Å²) < 4.78 is 14.9. The Hall–Kier alpha value is -2.40. The van der Waals surface area contributed by atoms with Crippen LogP contribution in [0.3, 0.4) is 0 Å². The predicted molar refractivity (Wildman–Crippen MR) is 78.4 cm³/mol. The molecule has 1 heterocycles. The van der Waals surface area contributed by atoms with E-state index in [1.165, 1.54) is 11.5 Å². The molecule has 0 unspecified atom stereocenters. The first-order chi connectivity index (χ1) is 9.86. The molecule has 0 fully saturated rings. The van der Waals surface area contributed by atoms with E-state index in [1.807, 2.05) is 54.6 Å². The molecule has 0 N–H and O–H groups in total. The minimum absolute atomic E-state index is 0.682. The zero-order valence-corrected chi connectivity index (χ0v) is 11.6. The van der Waals surface area contributed by atoms with Gasteiger partial charge in [0.1, 0.15) is 17.2 Å². The van der Waals surface area contributed by atoms with Gasteiger partial charge in [0.25, 0.3) is 0 Å². The Morgan fingerprint density at radius 1 is 0.900 bits per heavy atom. The van der Waals surface area contributed by atoms with Crippen LogP contribution >= 0.6 is 11.5 Å². The van der Waals surface area contributed by atoms with Crippen molar-refractivity contribution in [3.8, 4) is 27.8 Å². The molecule has 0 aliphatic heterocycles. The Morgan fingerprint density at radius 2 is 1.60 bits per heavy atom. The molecule has 5 heteroatoms. The minimum Gasteiger partial charge on any atom is -0.497 e. The fourth-order valence-corrected chi connectivity index (χ4v) is 2.35. The summed E-state index contributed by atoms with van der Waals surface area (Å²) in [6.45, 7) is 0. The fourth-order valence-electron chi connectivity index (χ4n) is 1.77. The van der Waals surface area contributed by atoms with Crippen molar-refractivity contribution in [3.05, 3.63) is 54.6 Å². The summed E-state index contributed by atoms with van der Waals surface area (Å²) in [7, 11) is 1.64. The van der Waals surface area contributed by atoms with E-state index in [0.29, 0.717) is 5.06 Å². The van der Waals surface area contributed by atoms with Crippen LogP contribution in [0.1, 0.15) is 0 Å². The maximum Gasteiger partial charge on any atom is 0.228 e. The van der Waals surface area contributed by atoms with Gasteiger partial charge in [-0.25, -0.2) is 0 Å². The van der Waals surface area contributed by atoms with E-state index in [0.717, 1.165) is 22.8 Å². The van der Waals surface area contributed by atoms with Crippen LogP contribution in [0.5, 0.6) is 16.6 Å². The molecule has 0 saturated heterocycles. The van der Waals surface area contributed by atoms with Crippen LogP contribution in [0.25, 0.3) is 11.3 Å². The number of ether oxygens (including phenoxy) is 2. The van der Waals surface area contributed by atoms with Gasteiger partial charge in [-0.2, -0.15) is 0 Å². The van der Waals surface area contributed by atoms with Crippen molar-refractivity contribution in [2.75, 3.05) is 7.11 Å². The molecule has 2 aromatic carbocycles. The number of hydrogen-bond acceptors (Lipinski definition) is 5. The molecule has 3 aromatic rings. The Kier molecular flexibility index (Phi) is 3.60. The molecule has 20 heavy (non-hydrogen) atoms. The summed E-state index contributed by atoms with van der Waals surface area (Å²) in [4.78, 5) is 0. The lowest BCUT2D eigenvalue weighted by Crippen LogP contribution is -1.86. The highest BCUT2D eigenvalue weighted by Gasteiger charge is 2.12. The van der Waals surface area contributed by atoms with Gasteiger partial charge >= 0.3 is 0 Å². The lowest BCUT2D eigenvalue weighted by molar-refractivity contribution is 0.413. The molecule has 100 valence electrons. The first-order valence-electron chi connectivity index (χ1n) is 6.06. The van der Waals surface area contributed by atoms with E-state index in [2.05, 4.69) is 9.59 Å². The van der Waals surface area contributed by atoms with Crippen LogP contribution in [0, 0.1) is 0 Å². The summed E-state index contributed by atoms with van der Waals surface area (Å²) in [5.74, 6) is 1.53. The van der Waals surface area contributed by atoms with E-state index in [-0.39, 0.29) is 0 Å². The quantitative estimate of drug-likeness (QED) is 0.726. The number of aromatic nitrogens is 2. The molecule has 0 saturated carbocycles. The number of methoxy groups -OCH3 is 1. The summed E-state index contributed by atoms with van der Waals surface area (Å²) in [5, 5.41) is 4.82. The van der Waals surface area contributed by atoms with Crippen molar-refractivity contribution in [1.82, 2.24) is 9.59 Å². The average Bonchev–Trinajstić information content (AvgIpc) is 2.97. The smallest absolute Gasteiger partial charge is 0.228 e. The van der Waals surface area contributed by atoms with Crippen molar-refractivity contribution in [2.45, 2.75) is 0 Å². The van der Waals surface area contributed by atoms with Gasteiger partial charge in [-0.3, -0.25) is 0 Å². The standard InChI is InChI=1S/C15H12N2O2S/c1-18-12-7-9-13(10-8-12)19-15-14(16-17-20-15)11-5-3-2-4-6-11/h2-10H,1H3. The van der Waals surface area contributed by atoms with Gasteiger partial charge in [-0.15, -0.1) is 5.10 Å². The third-order valence-electron chi connectivity index (χ3n) is 2.78. The van der Waals surface area contributed by atoms with Gasteiger partial charge in [0.05, 0.1) is 7.11 Å². The lowest BCUT2D eigenvalue weighted by atomic mass is 10.2. The van der Waals surface area contributed by atoms with E-state index < -0.39 is 0 Å². The van der Waals surface area contributed by atoms with E-state index in [1.54, 1.807) is 7.11 Å². The molecular formula is C15H12N2O2S. The van der Waals surface area contributed by atoms with Gasteiger partial charge in [-0.05, 0) is 24.3 Å². The van der Waals surface area contributed by atoms with E-state index >= 15 is 0 Å². The predicted octanol–water partition coefficient (Wildman–Crippen LogP) is 4.01. The second-order valence-corrected chi connectivity index (χ2v) is 4.77. The van der Waals surface area contributed by atoms with Crippen LogP contribution in [-0.2, 0) is 0 Å². The summed E-state index contributed by atoms with van der Waals surface area (Å²) in [5.41, 5.74) is 1.75. The Labute approximate surface area is 120 Å². The van der Waals surface area contributed by atoms with Gasteiger partial charge in [-0.1, -0.05) is 34.8 Å². The number of nitrogens with zero attached hydrogens (tertiary/aromatic N) is 2. The topological polar surface area (TPSA) is 44.2 Å². The molecule has 3 rings (SSSR count). The molecular weight excluding hydrogens is 272 g/mol. The van der Waals surface area contributed by atoms with E-state index in [4.69, 9.17) is 9.47 Å². The molecule has 0 aliphatic carbocycles. The Bertz CT molecular complexity index is 681. The Morgan fingerprint density at radius 3 is 2.30 bits per heavy atom. The summed E-state index contributed by atoms with van der Waals surface area (Å²) >= 11 is 1.23. The molecule has 0 aliphatic rings. The van der Waals surface area contributed by atoms with Crippen LogP contribution in [0.2, 0.25) is 0 Å². The number of rotatable bonds is 4. The normalized spacial score (nSPS) is 10.2. The van der Waals surface area contributed by atoms with Crippen molar-refractivity contribution < 1.29 is 9.47 Å². The van der Waals surface area contributed by atoms with Gasteiger partial charge < -0.3 is 9.47 Å². The number of hydrogen-bond donors (Lipinski definition) is 0. The molecule has 0 bridgehead atoms. The summed E-state index contributed by atoms with van der Waals surface area (Å²) in [6, 6.07) is 17.3.